The fourth-order valence-electron chi connectivity index (χ4n) is 4.78. The van der Waals surface area contributed by atoms with Gasteiger partial charge in [-0.3, -0.25) is 9.89 Å². The van der Waals surface area contributed by atoms with Gasteiger partial charge in [-0.2, -0.15) is 5.10 Å². The Morgan fingerprint density at radius 1 is 1.23 bits per heavy atom. The Hall–Kier alpha value is -3.52. The molecule has 35 heavy (non-hydrogen) atoms. The Balaban J connectivity index is 1.33. The van der Waals surface area contributed by atoms with Crippen molar-refractivity contribution in [2.45, 2.75) is 31.7 Å². The minimum Gasteiger partial charge on any atom is -0.497 e. The molecule has 2 aromatic carbocycles. The molecule has 1 aromatic heterocycles. The smallest absolute Gasteiger partial charge is 0.231 e. The minimum absolute atomic E-state index is 0.0887. The van der Waals surface area contributed by atoms with Crippen molar-refractivity contribution in [3.8, 4) is 28.4 Å². The van der Waals surface area contributed by atoms with Gasteiger partial charge in [-0.1, -0.05) is 12.5 Å². The van der Waals surface area contributed by atoms with Crippen LogP contribution in [0.15, 0.2) is 48.8 Å². The van der Waals surface area contributed by atoms with Gasteiger partial charge in [0, 0.05) is 17.8 Å². The van der Waals surface area contributed by atoms with Gasteiger partial charge in [0.2, 0.25) is 5.91 Å². The lowest BCUT2D eigenvalue weighted by Gasteiger charge is -2.32. The predicted octanol–water partition coefficient (Wildman–Crippen LogP) is 4.14. The van der Waals surface area contributed by atoms with Crippen molar-refractivity contribution in [3.63, 3.8) is 0 Å². The number of aromatic amines is 1. The first kappa shape index (κ1) is 23.2. The molecule has 5 rings (SSSR count). The monoisotopic (exact) mass is 476 g/mol. The van der Waals surface area contributed by atoms with Crippen LogP contribution in [-0.4, -0.2) is 61.0 Å². The number of likely N-dealkylation sites (N-methyl/N-ethyl adjacent to an activating group) is 1. The van der Waals surface area contributed by atoms with Crippen molar-refractivity contribution in [2.75, 3.05) is 39.2 Å². The van der Waals surface area contributed by atoms with Gasteiger partial charge in [-0.15, -0.1) is 0 Å². The maximum atomic E-state index is 13.3. The topological polar surface area (TPSA) is 88.7 Å². The summed E-state index contributed by atoms with van der Waals surface area (Å²) in [6.45, 7) is 2.00. The number of carbonyl (C=O) groups excluding carboxylic acids is 1. The number of amides is 1. The number of rotatable bonds is 7. The molecular formula is C27H32N4O4. The highest BCUT2D eigenvalue weighted by Crippen LogP contribution is 2.34. The Labute approximate surface area is 205 Å². The molecule has 2 aliphatic heterocycles. The summed E-state index contributed by atoms with van der Waals surface area (Å²) in [4.78, 5) is 15.6. The minimum atomic E-state index is -0.305. The van der Waals surface area contributed by atoms with Crippen LogP contribution in [0.2, 0.25) is 0 Å². The highest BCUT2D eigenvalue weighted by Gasteiger charge is 2.27. The highest BCUT2D eigenvalue weighted by molar-refractivity contribution is 5.95. The number of anilines is 1. The number of nitrogens with zero attached hydrogens (tertiary/aromatic N) is 2. The highest BCUT2D eigenvalue weighted by atomic mass is 16.5. The van der Waals surface area contributed by atoms with E-state index < -0.39 is 0 Å². The average Bonchev–Trinajstić information content (AvgIpc) is 3.43. The molecule has 3 aromatic rings. The van der Waals surface area contributed by atoms with Crippen LogP contribution in [-0.2, 0) is 11.2 Å². The number of benzene rings is 2. The van der Waals surface area contributed by atoms with Crippen molar-refractivity contribution in [1.82, 2.24) is 15.1 Å². The molecule has 0 saturated carbocycles. The maximum Gasteiger partial charge on any atom is 0.231 e. The van der Waals surface area contributed by atoms with E-state index in [0.717, 1.165) is 41.2 Å². The molecule has 8 heteroatoms. The van der Waals surface area contributed by atoms with Gasteiger partial charge in [0.15, 0.2) is 0 Å². The predicted molar refractivity (Wildman–Crippen MR) is 134 cm³/mol. The molecular weight excluding hydrogens is 444 g/mol. The summed E-state index contributed by atoms with van der Waals surface area (Å²) in [6, 6.07) is 11.9. The van der Waals surface area contributed by atoms with E-state index in [1.807, 2.05) is 42.6 Å². The summed E-state index contributed by atoms with van der Waals surface area (Å²) in [5.74, 6) is 1.83. The number of nitrogens with one attached hydrogen (secondary N) is 2. The van der Waals surface area contributed by atoms with E-state index in [2.05, 4.69) is 27.5 Å². The van der Waals surface area contributed by atoms with Crippen LogP contribution >= 0.6 is 0 Å². The molecule has 0 spiro atoms. The van der Waals surface area contributed by atoms with Crippen LogP contribution in [0.25, 0.3) is 11.1 Å². The van der Waals surface area contributed by atoms with E-state index in [1.54, 1.807) is 13.3 Å². The van der Waals surface area contributed by atoms with Crippen molar-refractivity contribution < 1.29 is 19.0 Å². The molecule has 1 amide bonds. The van der Waals surface area contributed by atoms with E-state index >= 15 is 0 Å². The fraction of sp³-hybridized carbons (Fsp3) is 0.407. The van der Waals surface area contributed by atoms with Gasteiger partial charge in [0.1, 0.15) is 30.5 Å². The van der Waals surface area contributed by atoms with Crippen molar-refractivity contribution in [2.24, 2.45) is 5.92 Å². The molecule has 8 nitrogen and oxygen atoms in total. The molecule has 1 saturated heterocycles. The molecule has 0 unspecified atom stereocenters. The van der Waals surface area contributed by atoms with Crippen LogP contribution < -0.4 is 19.5 Å². The second-order valence-corrected chi connectivity index (χ2v) is 9.31. The summed E-state index contributed by atoms with van der Waals surface area (Å²) in [7, 11) is 3.78. The van der Waals surface area contributed by atoms with Crippen LogP contribution in [0.5, 0.6) is 17.2 Å². The number of hydrogen-bond acceptors (Lipinski definition) is 6. The van der Waals surface area contributed by atoms with E-state index in [1.165, 1.54) is 12.8 Å². The molecule has 0 bridgehead atoms. The summed E-state index contributed by atoms with van der Waals surface area (Å²) in [5.41, 5.74) is 3.58. The largest absolute Gasteiger partial charge is 0.497 e. The lowest BCUT2D eigenvalue weighted by Crippen LogP contribution is -2.40. The Bertz CT molecular complexity index is 1160. The summed E-state index contributed by atoms with van der Waals surface area (Å²) < 4.78 is 17.5. The van der Waals surface area contributed by atoms with Crippen molar-refractivity contribution >= 4 is 11.6 Å². The first-order valence-corrected chi connectivity index (χ1v) is 12.2. The van der Waals surface area contributed by atoms with Gasteiger partial charge in [-0.25, -0.2) is 0 Å². The lowest BCUT2D eigenvalue weighted by atomic mass is 9.95. The Morgan fingerprint density at radius 2 is 2.14 bits per heavy atom. The Morgan fingerprint density at radius 3 is 2.94 bits per heavy atom. The molecule has 184 valence electrons. The van der Waals surface area contributed by atoms with E-state index in [9.17, 15) is 4.79 Å². The number of likely N-dealkylation sites (tertiary alicyclic amines) is 1. The molecule has 0 aliphatic carbocycles. The SMILES string of the molecule is COc1ccc2c(c1)C[C@@H](C(=O)Nc1ccc(-c3cn[nH]c3)cc1OC[C@@H]1CCCCN1C)CO2. The zero-order chi connectivity index (χ0) is 24.2. The van der Waals surface area contributed by atoms with Gasteiger partial charge in [0.25, 0.3) is 0 Å². The number of carbonyl (C=O) groups is 1. The first-order valence-electron chi connectivity index (χ1n) is 12.2. The molecule has 2 atom stereocenters. The fourth-order valence-corrected chi connectivity index (χ4v) is 4.78. The lowest BCUT2D eigenvalue weighted by molar-refractivity contribution is -0.121. The first-order chi connectivity index (χ1) is 17.1. The third-order valence-corrected chi connectivity index (χ3v) is 6.97. The number of piperidine rings is 1. The maximum absolute atomic E-state index is 13.3. The standard InChI is InChI=1S/C27H32N4O4/c1-31-10-4-3-5-22(31)17-35-26-13-18(21-14-28-29-15-21)6-8-24(26)30-27(32)20-11-19-12-23(33-2)7-9-25(19)34-16-20/h6-9,12-15,20,22H,3-5,10-11,16-17H2,1-2H3,(H,28,29)(H,30,32)/t20-,22+/m1/s1. The number of hydrogen-bond donors (Lipinski definition) is 2. The molecule has 2 aliphatic rings. The third kappa shape index (κ3) is 5.27. The normalized spacial score (nSPS) is 19.9. The summed E-state index contributed by atoms with van der Waals surface area (Å²) in [5, 5.41) is 10.0. The van der Waals surface area contributed by atoms with Gasteiger partial charge < -0.3 is 24.4 Å². The Kier molecular flexibility index (Phi) is 6.90. The quantitative estimate of drug-likeness (QED) is 0.533. The number of ether oxygens (including phenoxy) is 3. The summed E-state index contributed by atoms with van der Waals surface area (Å²) in [6.07, 6.45) is 7.76. The van der Waals surface area contributed by atoms with Crippen LogP contribution in [0, 0.1) is 5.92 Å². The van der Waals surface area contributed by atoms with E-state index in [0.29, 0.717) is 37.1 Å². The number of fused-ring (bicyclic) bond motifs is 1. The second kappa shape index (κ2) is 10.4. The van der Waals surface area contributed by atoms with Gasteiger partial charge in [0.05, 0.1) is 24.9 Å². The number of H-pyrrole nitrogens is 1. The van der Waals surface area contributed by atoms with Crippen molar-refractivity contribution in [1.29, 1.82) is 0 Å². The van der Waals surface area contributed by atoms with Crippen LogP contribution in [0.3, 0.4) is 0 Å². The van der Waals surface area contributed by atoms with E-state index in [4.69, 9.17) is 14.2 Å². The van der Waals surface area contributed by atoms with Crippen molar-refractivity contribution in [3.05, 3.63) is 54.4 Å². The summed E-state index contributed by atoms with van der Waals surface area (Å²) >= 11 is 0. The molecule has 2 N–H and O–H groups in total. The number of aromatic nitrogens is 2. The second-order valence-electron chi connectivity index (χ2n) is 9.31. The third-order valence-electron chi connectivity index (χ3n) is 6.97. The zero-order valence-electron chi connectivity index (χ0n) is 20.3. The van der Waals surface area contributed by atoms with Gasteiger partial charge >= 0.3 is 0 Å². The average molecular weight is 477 g/mol. The molecule has 0 radical (unpaired) electrons. The van der Waals surface area contributed by atoms with E-state index in [-0.39, 0.29) is 11.8 Å². The van der Waals surface area contributed by atoms with Crippen LogP contribution in [0.1, 0.15) is 24.8 Å². The molecule has 3 heterocycles. The molecule has 1 fully saturated rings. The van der Waals surface area contributed by atoms with Crippen LogP contribution in [0.4, 0.5) is 5.69 Å². The van der Waals surface area contributed by atoms with Gasteiger partial charge in [-0.05, 0) is 74.3 Å². The number of methoxy groups -OCH3 is 1. The zero-order valence-corrected chi connectivity index (χ0v) is 20.3.